The van der Waals surface area contributed by atoms with Crippen molar-refractivity contribution in [1.29, 1.82) is 0 Å². The van der Waals surface area contributed by atoms with E-state index in [0.29, 0.717) is 12.2 Å². The van der Waals surface area contributed by atoms with E-state index < -0.39 is 17.0 Å². The third-order valence-electron chi connectivity index (χ3n) is 3.92. The molecule has 5 nitrogen and oxygen atoms in total. The zero-order chi connectivity index (χ0) is 17.8. The molecule has 0 saturated carbocycles. The first-order valence-corrected chi connectivity index (χ1v) is 9.01. The number of hydrogen-bond donors (Lipinski definition) is 2. The Balaban J connectivity index is 1.91. The van der Waals surface area contributed by atoms with Crippen LogP contribution in [-0.2, 0) is 23.4 Å². The Bertz CT molecular complexity index is 902. The maximum absolute atomic E-state index is 11.8. The molecule has 3 aromatic rings. The van der Waals surface area contributed by atoms with E-state index in [4.69, 9.17) is 10.3 Å². The van der Waals surface area contributed by atoms with E-state index in [1.165, 1.54) is 0 Å². The summed E-state index contributed by atoms with van der Waals surface area (Å²) < 4.78 is 21.7. The van der Waals surface area contributed by atoms with E-state index in [0.717, 1.165) is 22.3 Å². The van der Waals surface area contributed by atoms with Gasteiger partial charge in [0.05, 0.1) is 5.75 Å². The van der Waals surface area contributed by atoms with Crippen molar-refractivity contribution in [3.8, 4) is 11.1 Å². The quantitative estimate of drug-likeness (QED) is 0.667. The summed E-state index contributed by atoms with van der Waals surface area (Å²) in [6, 6.07) is 19.0. The predicted molar refractivity (Wildman–Crippen MR) is 98.4 cm³/mol. The Morgan fingerprint density at radius 2 is 1.68 bits per heavy atom. The summed E-state index contributed by atoms with van der Waals surface area (Å²) in [7, 11) is 0. The predicted octanol–water partition coefficient (Wildman–Crippen LogP) is 3.02. The highest BCUT2D eigenvalue weighted by Crippen LogP contribution is 2.24. The Kier molecular flexibility index (Phi) is 5.11. The Morgan fingerprint density at radius 3 is 2.28 bits per heavy atom. The summed E-state index contributed by atoms with van der Waals surface area (Å²) in [6.07, 6.45) is 1.90. The monoisotopic (exact) mass is 354 g/mol. The van der Waals surface area contributed by atoms with Crippen LogP contribution in [0.2, 0.25) is 0 Å². The summed E-state index contributed by atoms with van der Waals surface area (Å²) in [6.45, 7) is 0.556. The van der Waals surface area contributed by atoms with Crippen LogP contribution in [0.5, 0.6) is 0 Å². The molecule has 1 unspecified atom stereocenters. The van der Waals surface area contributed by atoms with Crippen LogP contribution in [0.3, 0.4) is 0 Å². The Labute approximate surface area is 148 Å². The fraction of sp³-hybridized carbons (Fsp3) is 0.105. The zero-order valence-corrected chi connectivity index (χ0v) is 14.3. The van der Waals surface area contributed by atoms with Crippen molar-refractivity contribution >= 4 is 17.0 Å². The molecule has 0 saturated heterocycles. The Hall–Kier alpha value is -2.70. The molecule has 0 radical (unpaired) electrons. The molecule has 3 rings (SSSR count). The van der Waals surface area contributed by atoms with Crippen molar-refractivity contribution in [2.24, 2.45) is 5.73 Å². The molecule has 1 aromatic heterocycles. The number of carbonyl (C=O) groups is 1. The van der Waals surface area contributed by atoms with Crippen molar-refractivity contribution in [2.45, 2.75) is 12.3 Å². The average molecular weight is 354 g/mol. The minimum absolute atomic E-state index is 0.0990. The lowest BCUT2D eigenvalue weighted by atomic mass is 10.1. The summed E-state index contributed by atoms with van der Waals surface area (Å²) in [4.78, 5) is 11.8. The molecule has 1 amide bonds. The van der Waals surface area contributed by atoms with Gasteiger partial charge in [0, 0.05) is 18.3 Å². The van der Waals surface area contributed by atoms with E-state index in [2.05, 4.69) is 0 Å². The van der Waals surface area contributed by atoms with Crippen LogP contribution in [0.15, 0.2) is 66.9 Å². The van der Waals surface area contributed by atoms with Crippen molar-refractivity contribution in [3.05, 3.63) is 83.7 Å². The van der Waals surface area contributed by atoms with Crippen LogP contribution in [0.1, 0.15) is 21.6 Å². The number of benzene rings is 2. The molecule has 0 bridgehead atoms. The highest BCUT2D eigenvalue weighted by Gasteiger charge is 2.12. The van der Waals surface area contributed by atoms with Gasteiger partial charge in [-0.15, -0.1) is 0 Å². The zero-order valence-electron chi connectivity index (χ0n) is 13.5. The van der Waals surface area contributed by atoms with E-state index in [1.54, 1.807) is 6.07 Å². The first-order chi connectivity index (χ1) is 12.0. The van der Waals surface area contributed by atoms with Gasteiger partial charge in [-0.1, -0.05) is 54.6 Å². The number of hydrogen-bond acceptors (Lipinski definition) is 2. The highest BCUT2D eigenvalue weighted by atomic mass is 32.2. The van der Waals surface area contributed by atoms with Gasteiger partial charge in [-0.25, -0.2) is 4.21 Å². The minimum Gasteiger partial charge on any atom is -0.364 e. The van der Waals surface area contributed by atoms with Gasteiger partial charge < -0.3 is 14.9 Å². The smallest absolute Gasteiger partial charge is 0.265 e. The summed E-state index contributed by atoms with van der Waals surface area (Å²) >= 11 is -1.86. The van der Waals surface area contributed by atoms with E-state index in [1.807, 2.05) is 65.4 Å². The van der Waals surface area contributed by atoms with Crippen LogP contribution >= 0.6 is 0 Å². The number of amides is 1. The minimum atomic E-state index is -1.86. The van der Waals surface area contributed by atoms with Crippen LogP contribution in [-0.4, -0.2) is 19.2 Å². The maximum Gasteiger partial charge on any atom is 0.265 e. The molecule has 3 N–H and O–H groups in total. The topological polar surface area (TPSA) is 85.3 Å². The van der Waals surface area contributed by atoms with E-state index in [-0.39, 0.29) is 5.75 Å². The van der Waals surface area contributed by atoms with Crippen LogP contribution in [0.4, 0.5) is 0 Å². The van der Waals surface area contributed by atoms with Gasteiger partial charge in [0.25, 0.3) is 5.91 Å². The molecule has 0 fully saturated rings. The van der Waals surface area contributed by atoms with Crippen LogP contribution < -0.4 is 5.73 Å². The van der Waals surface area contributed by atoms with Crippen molar-refractivity contribution in [3.63, 3.8) is 0 Å². The summed E-state index contributed by atoms with van der Waals surface area (Å²) in [5.41, 5.74) is 9.61. The van der Waals surface area contributed by atoms with Gasteiger partial charge >= 0.3 is 0 Å². The normalized spacial score (nSPS) is 12.0. The van der Waals surface area contributed by atoms with Gasteiger partial charge in [0.2, 0.25) is 0 Å². The standard InChI is InChI=1S/C19H18N2O3S/c20-19(22)18-10-17(12-21(18)11-14-4-2-1-3-5-14)16-8-6-15(7-9-16)13-25(23)24/h1-10,12H,11,13H2,(H2,20,22)(H,23,24). The fourth-order valence-electron chi connectivity index (χ4n) is 2.72. The highest BCUT2D eigenvalue weighted by molar-refractivity contribution is 7.78. The first-order valence-electron chi connectivity index (χ1n) is 7.73. The second-order valence-corrected chi connectivity index (χ2v) is 6.69. The number of primary amides is 1. The lowest BCUT2D eigenvalue weighted by molar-refractivity contribution is 0.0992. The van der Waals surface area contributed by atoms with Gasteiger partial charge in [-0.3, -0.25) is 4.79 Å². The fourth-order valence-corrected chi connectivity index (χ4v) is 3.20. The molecular formula is C19H18N2O3S. The van der Waals surface area contributed by atoms with E-state index in [9.17, 15) is 9.00 Å². The Morgan fingerprint density at radius 1 is 1.00 bits per heavy atom. The maximum atomic E-state index is 11.8. The third-order valence-corrected chi connectivity index (χ3v) is 4.50. The molecule has 128 valence electrons. The van der Waals surface area contributed by atoms with Crippen molar-refractivity contribution < 1.29 is 13.6 Å². The van der Waals surface area contributed by atoms with Crippen molar-refractivity contribution in [1.82, 2.24) is 4.57 Å². The average Bonchev–Trinajstić information content (AvgIpc) is 3.00. The lowest BCUT2D eigenvalue weighted by Gasteiger charge is -2.06. The number of nitrogens with two attached hydrogens (primary N) is 1. The molecular weight excluding hydrogens is 336 g/mol. The second-order valence-electron chi connectivity index (χ2n) is 5.75. The molecule has 1 heterocycles. The van der Waals surface area contributed by atoms with E-state index >= 15 is 0 Å². The molecule has 0 aliphatic carbocycles. The van der Waals surface area contributed by atoms with Gasteiger partial charge in [0.15, 0.2) is 11.1 Å². The molecule has 0 aliphatic rings. The summed E-state index contributed by atoms with van der Waals surface area (Å²) in [5, 5.41) is 0. The van der Waals surface area contributed by atoms with Crippen LogP contribution in [0.25, 0.3) is 11.1 Å². The number of rotatable bonds is 6. The second kappa shape index (κ2) is 7.46. The molecule has 2 aromatic carbocycles. The molecule has 0 aliphatic heterocycles. The van der Waals surface area contributed by atoms with Gasteiger partial charge in [-0.2, -0.15) is 0 Å². The number of aromatic nitrogens is 1. The first kappa shape index (κ1) is 17.1. The third kappa shape index (κ3) is 4.23. The number of nitrogens with zero attached hydrogens (tertiary/aromatic N) is 1. The SMILES string of the molecule is NC(=O)c1cc(-c2ccc(CS(=O)O)cc2)cn1Cc1ccccc1. The molecule has 6 heteroatoms. The largest absolute Gasteiger partial charge is 0.364 e. The summed E-state index contributed by atoms with van der Waals surface area (Å²) in [5.74, 6) is -0.378. The van der Waals surface area contributed by atoms with Gasteiger partial charge in [-0.05, 0) is 22.8 Å². The number of carbonyl (C=O) groups excluding carboxylic acids is 1. The lowest BCUT2D eigenvalue weighted by Crippen LogP contribution is -2.16. The van der Waals surface area contributed by atoms with Crippen LogP contribution in [0, 0.1) is 0 Å². The molecule has 0 spiro atoms. The molecule has 1 atom stereocenters. The van der Waals surface area contributed by atoms with Crippen molar-refractivity contribution in [2.75, 3.05) is 0 Å². The molecule has 25 heavy (non-hydrogen) atoms. The van der Waals surface area contributed by atoms with Gasteiger partial charge in [0.1, 0.15) is 5.69 Å².